The molecule has 26 heavy (non-hydrogen) atoms. The molecule has 4 heterocycles. The lowest BCUT2D eigenvalue weighted by atomic mass is 10.1. The van der Waals surface area contributed by atoms with Crippen LogP contribution in [0.3, 0.4) is 0 Å². The molecule has 0 aromatic carbocycles. The molecular weight excluding hydrogens is 350 g/mol. The van der Waals surface area contributed by atoms with Gasteiger partial charge in [-0.3, -0.25) is 14.7 Å². The van der Waals surface area contributed by atoms with Crippen LogP contribution in [0.1, 0.15) is 21.7 Å². The number of hydrogen-bond donors (Lipinski definition) is 0. The number of ether oxygens (including phenoxy) is 1. The first kappa shape index (κ1) is 10.1. The normalized spacial score (nSPS) is 27.7. The van der Waals surface area contributed by atoms with Crippen molar-refractivity contribution < 1.29 is 20.5 Å². The van der Waals surface area contributed by atoms with E-state index in [0.29, 0.717) is 21.6 Å². The number of carbonyl (C=O) groups is 1. The third-order valence-electron chi connectivity index (χ3n) is 3.55. The van der Waals surface area contributed by atoms with E-state index in [2.05, 4.69) is 24.9 Å². The number of hydrogen-bond acceptors (Lipinski definition) is 8. The van der Waals surface area contributed by atoms with Crippen molar-refractivity contribution in [1.82, 2.24) is 25.1 Å². The molecule has 134 valence electrons. The largest absolute Gasteiger partial charge is 0.379 e. The number of carbonyl (C=O) groups excluding carboxylic acids is 1. The fourth-order valence-corrected chi connectivity index (χ4v) is 3.06. The van der Waals surface area contributed by atoms with Crippen molar-refractivity contribution in [1.29, 1.82) is 0 Å². The average molecular weight is 377 g/mol. The van der Waals surface area contributed by atoms with Gasteiger partial charge in [-0.1, -0.05) is 11.3 Å². The summed E-state index contributed by atoms with van der Waals surface area (Å²) in [6.45, 7) is -11.7. The maximum Gasteiger partial charge on any atom is 0.166 e. The molecule has 1 aliphatic heterocycles. The summed E-state index contributed by atoms with van der Waals surface area (Å²) in [6, 6.07) is 5.15. The molecule has 1 fully saturated rings. The third kappa shape index (κ3) is 3.92. The Balaban J connectivity index is 1.58. The van der Waals surface area contributed by atoms with E-state index in [1.807, 2.05) is 6.92 Å². The van der Waals surface area contributed by atoms with Crippen molar-refractivity contribution in [3.63, 3.8) is 0 Å². The van der Waals surface area contributed by atoms with Crippen LogP contribution < -0.4 is 0 Å². The van der Waals surface area contributed by atoms with Crippen LogP contribution in [-0.4, -0.2) is 63.5 Å². The van der Waals surface area contributed by atoms with Crippen molar-refractivity contribution in [3.05, 3.63) is 35.1 Å². The molecule has 0 bridgehead atoms. The van der Waals surface area contributed by atoms with E-state index >= 15 is 0 Å². The second kappa shape index (κ2) is 7.53. The van der Waals surface area contributed by atoms with Gasteiger partial charge in [-0.2, -0.15) is 0 Å². The molecule has 3 aromatic heterocycles. The number of aryl methyl sites for hydroxylation is 1. The van der Waals surface area contributed by atoms with Crippen molar-refractivity contribution in [2.75, 3.05) is 32.7 Å². The highest BCUT2D eigenvalue weighted by Gasteiger charge is 2.15. The van der Waals surface area contributed by atoms with Crippen LogP contribution in [0.5, 0.6) is 0 Å². The minimum atomic E-state index is -3.20. The number of morpholine rings is 1. The lowest BCUT2D eigenvalue weighted by Crippen LogP contribution is -2.39. The lowest BCUT2D eigenvalue weighted by Gasteiger charge is -2.25. The zero-order chi connectivity index (χ0) is 25.1. The summed E-state index contributed by atoms with van der Waals surface area (Å²) in [5, 5.41) is 10.2. The highest BCUT2D eigenvalue weighted by Crippen LogP contribution is 2.23. The second-order valence-corrected chi connectivity index (χ2v) is 6.70. The zero-order valence-electron chi connectivity index (χ0n) is 21.7. The van der Waals surface area contributed by atoms with Crippen molar-refractivity contribution in [2.24, 2.45) is 0 Å². The smallest absolute Gasteiger partial charge is 0.166 e. The Bertz CT molecular complexity index is 1240. The number of pyridine rings is 2. The molecule has 1 aliphatic rings. The maximum atomic E-state index is 12.8. The van der Waals surface area contributed by atoms with Gasteiger partial charge in [-0.05, 0) is 25.1 Å². The molecular formula is C18H19N5O2S. The molecule has 3 aromatic rings. The fraction of sp³-hybridized carbons (Fsp3) is 0.389. The molecule has 7 nitrogen and oxygen atoms in total. The van der Waals surface area contributed by atoms with E-state index in [1.165, 1.54) is 17.5 Å². The molecule has 0 spiro atoms. The highest BCUT2D eigenvalue weighted by molar-refractivity contribution is 7.14. The SMILES string of the molecule is [2H]C1([2H])OC([2H])([2H])C([2H])([2H])N(CC(=O)Cc2cc3nc(-c4nnc(C)s4)ccc3cn2)C1([2H])[2H]. The van der Waals surface area contributed by atoms with Crippen molar-refractivity contribution >= 4 is 28.0 Å². The summed E-state index contributed by atoms with van der Waals surface area (Å²) in [5.74, 6) is -0.691. The summed E-state index contributed by atoms with van der Waals surface area (Å²) in [4.78, 5) is 21.7. The summed E-state index contributed by atoms with van der Waals surface area (Å²) in [6.07, 6.45) is 1.19. The van der Waals surface area contributed by atoms with Gasteiger partial charge >= 0.3 is 0 Å². The van der Waals surface area contributed by atoms with Gasteiger partial charge in [0, 0.05) is 35.8 Å². The number of rotatable bonds is 5. The maximum absolute atomic E-state index is 12.8. The second-order valence-electron chi connectivity index (χ2n) is 5.52. The highest BCUT2D eigenvalue weighted by atomic mass is 32.1. The van der Waals surface area contributed by atoms with Crippen molar-refractivity contribution in [3.8, 4) is 10.7 Å². The fourth-order valence-electron chi connectivity index (χ4n) is 2.40. The molecule has 0 unspecified atom stereocenters. The van der Waals surface area contributed by atoms with Crippen LogP contribution in [0.15, 0.2) is 24.4 Å². The predicted octanol–water partition coefficient (Wildman–Crippen LogP) is 1.90. The van der Waals surface area contributed by atoms with E-state index < -0.39 is 38.4 Å². The predicted molar refractivity (Wildman–Crippen MR) is 99.1 cm³/mol. The van der Waals surface area contributed by atoms with Gasteiger partial charge in [0.25, 0.3) is 0 Å². The van der Waals surface area contributed by atoms with Crippen molar-refractivity contribution in [2.45, 2.75) is 13.3 Å². The number of Topliss-reactive ketones (excluding diaryl/α,β-unsaturated/α-hetero) is 1. The van der Waals surface area contributed by atoms with Gasteiger partial charge in [0.15, 0.2) is 10.8 Å². The molecule has 0 atom stereocenters. The van der Waals surface area contributed by atoms with Crippen LogP contribution in [0.25, 0.3) is 21.6 Å². The summed E-state index contributed by atoms with van der Waals surface area (Å²) >= 11 is 1.38. The first-order chi connectivity index (χ1) is 15.6. The molecule has 8 heteroatoms. The summed E-state index contributed by atoms with van der Waals surface area (Å²) in [5.41, 5.74) is 1.42. The first-order valence-corrected chi connectivity index (χ1v) is 8.51. The molecule has 1 saturated heterocycles. The topological polar surface area (TPSA) is 81.1 Å². The van der Waals surface area contributed by atoms with E-state index in [4.69, 9.17) is 11.0 Å². The summed E-state index contributed by atoms with van der Waals surface area (Å²) < 4.78 is 67.4. The minimum Gasteiger partial charge on any atom is -0.379 e. The molecule has 0 radical (unpaired) electrons. The molecule has 0 aliphatic carbocycles. The number of aromatic nitrogens is 4. The molecule has 4 rings (SSSR count). The standard InChI is InChI=1S/C18H19N5O2S/c1-12-21-22-18(26-12)16-3-2-13-10-19-14(9-17(13)20-16)8-15(24)11-23-4-6-25-7-5-23/h2-3,9-10H,4-8,11H2,1H3/i4D2,5D2,6D2,7D2. The Hall–Kier alpha value is -2.29. The lowest BCUT2D eigenvalue weighted by molar-refractivity contribution is -0.120. The average Bonchev–Trinajstić information content (AvgIpc) is 3.16. The molecule has 0 saturated carbocycles. The Labute approximate surface area is 166 Å². The Morgan fingerprint density at radius 1 is 1.35 bits per heavy atom. The van der Waals surface area contributed by atoms with Gasteiger partial charge in [0.05, 0.1) is 37.1 Å². The van der Waals surface area contributed by atoms with E-state index in [1.54, 1.807) is 18.2 Å². The van der Waals surface area contributed by atoms with E-state index in [0.717, 1.165) is 5.01 Å². The van der Waals surface area contributed by atoms with E-state index in [-0.39, 0.29) is 17.0 Å². The monoisotopic (exact) mass is 377 g/mol. The van der Waals surface area contributed by atoms with Crippen LogP contribution in [0.2, 0.25) is 0 Å². The zero-order valence-corrected chi connectivity index (χ0v) is 14.5. The van der Waals surface area contributed by atoms with Gasteiger partial charge in [0.1, 0.15) is 10.7 Å². The van der Waals surface area contributed by atoms with Crippen LogP contribution >= 0.6 is 11.3 Å². The van der Waals surface area contributed by atoms with Gasteiger partial charge in [0.2, 0.25) is 0 Å². The van der Waals surface area contributed by atoms with Crippen LogP contribution in [0.4, 0.5) is 0 Å². The third-order valence-corrected chi connectivity index (χ3v) is 4.41. The number of nitrogens with zero attached hydrogens (tertiary/aromatic N) is 5. The Kier molecular flexibility index (Phi) is 2.94. The van der Waals surface area contributed by atoms with Crippen LogP contribution in [-0.2, 0) is 16.0 Å². The number of ketones is 1. The van der Waals surface area contributed by atoms with Gasteiger partial charge < -0.3 is 4.74 Å². The molecule has 0 N–H and O–H groups in total. The number of fused-ring (bicyclic) bond motifs is 1. The van der Waals surface area contributed by atoms with Gasteiger partial charge in [-0.25, -0.2) is 4.98 Å². The Morgan fingerprint density at radius 2 is 2.19 bits per heavy atom. The Morgan fingerprint density at radius 3 is 2.96 bits per heavy atom. The quantitative estimate of drug-likeness (QED) is 0.672. The minimum absolute atomic E-state index is 0.223. The van der Waals surface area contributed by atoms with Crippen LogP contribution in [0, 0.1) is 6.92 Å². The first-order valence-electron chi connectivity index (χ1n) is 11.7. The molecule has 0 amide bonds. The van der Waals surface area contributed by atoms with Gasteiger partial charge in [-0.15, -0.1) is 10.2 Å². The van der Waals surface area contributed by atoms with E-state index in [9.17, 15) is 4.79 Å². The summed E-state index contributed by atoms with van der Waals surface area (Å²) in [7, 11) is 0.